The lowest BCUT2D eigenvalue weighted by atomic mass is 10.1. The van der Waals surface area contributed by atoms with E-state index in [0.717, 1.165) is 5.56 Å². The summed E-state index contributed by atoms with van der Waals surface area (Å²) in [6, 6.07) is 7.06. The first-order chi connectivity index (χ1) is 17.0. The molecule has 0 aliphatic carbocycles. The van der Waals surface area contributed by atoms with E-state index >= 15 is 0 Å². The third-order valence-corrected chi connectivity index (χ3v) is 6.46. The molecule has 0 radical (unpaired) electrons. The number of ketones is 3. The van der Waals surface area contributed by atoms with Crippen molar-refractivity contribution in [2.75, 3.05) is 31.3 Å². The topological polar surface area (TPSA) is 162 Å². The van der Waals surface area contributed by atoms with Gasteiger partial charge in [0.1, 0.15) is 24.2 Å². The first-order valence-electron chi connectivity index (χ1n) is 10.9. The van der Waals surface area contributed by atoms with Crippen LogP contribution in [-0.4, -0.2) is 64.3 Å². The van der Waals surface area contributed by atoms with Crippen LogP contribution in [0.5, 0.6) is 0 Å². The summed E-state index contributed by atoms with van der Waals surface area (Å²) in [4.78, 5) is 67.7. The fourth-order valence-electron chi connectivity index (χ4n) is 2.58. The number of Topliss-reactive ketones (excluding diaryl/α,β-unsaturated/α-hetero) is 3. The van der Waals surface area contributed by atoms with Crippen LogP contribution in [0.4, 0.5) is 10.5 Å². The summed E-state index contributed by atoms with van der Waals surface area (Å²) < 4.78 is 4.78. The number of nitrogens with two attached hydrogens (primary N) is 1. The van der Waals surface area contributed by atoms with Crippen molar-refractivity contribution in [2.24, 2.45) is 5.73 Å². The maximum absolute atomic E-state index is 12.0. The van der Waals surface area contributed by atoms with E-state index in [2.05, 4.69) is 16.4 Å². The lowest BCUT2D eigenvalue weighted by Gasteiger charge is -2.11. The molecule has 200 valence electrons. The average molecular weight is 654 g/mol. The van der Waals surface area contributed by atoms with Gasteiger partial charge in [-0.05, 0) is 37.3 Å². The standard InChI is InChI=1S/C22H30N2O6S2.CH2INO/c1-4-18(26)11-12-23-20(28)10-7-16-5-8-17(9-6-16)24-21(29)14-30-13-19(27)22(15(2)25)32-31-3;2-1(3)4/h5-6,8-9,22H,4,7,10-14H2,1-3H3,(H,23,28)(H,24,29);(H2,3,4). The van der Waals surface area contributed by atoms with Gasteiger partial charge >= 0.3 is 0 Å². The van der Waals surface area contributed by atoms with E-state index in [0.29, 0.717) is 37.9 Å². The van der Waals surface area contributed by atoms with Gasteiger partial charge in [0.05, 0.1) is 0 Å². The highest BCUT2D eigenvalue weighted by molar-refractivity contribution is 14.1. The predicted octanol–water partition coefficient (Wildman–Crippen LogP) is 3.10. The van der Waals surface area contributed by atoms with Crippen molar-refractivity contribution in [3.8, 4) is 0 Å². The van der Waals surface area contributed by atoms with E-state index in [9.17, 15) is 28.8 Å². The van der Waals surface area contributed by atoms with Gasteiger partial charge in [-0.15, -0.1) is 0 Å². The molecule has 0 aromatic heterocycles. The molecule has 4 N–H and O–H groups in total. The Morgan fingerprint density at radius 3 is 2.17 bits per heavy atom. The van der Waals surface area contributed by atoms with Gasteiger partial charge in [-0.2, -0.15) is 0 Å². The van der Waals surface area contributed by atoms with Gasteiger partial charge in [-0.25, -0.2) is 0 Å². The third kappa shape index (κ3) is 17.5. The summed E-state index contributed by atoms with van der Waals surface area (Å²) >= 11 is 1.48. The molecule has 36 heavy (non-hydrogen) atoms. The van der Waals surface area contributed by atoms with Crippen LogP contribution in [-0.2, 0) is 35.1 Å². The number of ether oxygens (including phenoxy) is 1. The molecule has 0 bridgehead atoms. The van der Waals surface area contributed by atoms with Gasteiger partial charge in [0, 0.05) is 54.1 Å². The van der Waals surface area contributed by atoms with Crippen LogP contribution < -0.4 is 16.4 Å². The minimum Gasteiger partial charge on any atom is -0.364 e. The third-order valence-electron chi connectivity index (χ3n) is 4.33. The van der Waals surface area contributed by atoms with Crippen LogP contribution in [0.15, 0.2) is 24.3 Å². The molecule has 0 aliphatic rings. The summed E-state index contributed by atoms with van der Waals surface area (Å²) in [6.45, 7) is 2.89. The van der Waals surface area contributed by atoms with Crippen molar-refractivity contribution in [3.05, 3.63) is 29.8 Å². The molecular formula is C23H32IN3O7S2. The van der Waals surface area contributed by atoms with E-state index in [1.54, 1.807) is 25.3 Å². The Bertz CT molecular complexity index is 894. The molecule has 0 saturated heterocycles. The van der Waals surface area contributed by atoms with Crippen LogP contribution in [0.3, 0.4) is 0 Å². The number of nitrogens with one attached hydrogen (secondary N) is 2. The number of primary amides is 1. The zero-order valence-corrected chi connectivity index (χ0v) is 24.3. The zero-order valence-electron chi connectivity index (χ0n) is 20.5. The molecule has 1 aromatic carbocycles. The fourth-order valence-corrected chi connectivity index (χ4v) is 4.39. The summed E-state index contributed by atoms with van der Waals surface area (Å²) in [7, 11) is 2.49. The lowest BCUT2D eigenvalue weighted by molar-refractivity contribution is -0.130. The van der Waals surface area contributed by atoms with Crippen molar-refractivity contribution < 1.29 is 33.5 Å². The van der Waals surface area contributed by atoms with Crippen molar-refractivity contribution in [1.29, 1.82) is 0 Å². The Hall–Kier alpha value is -1.97. The van der Waals surface area contributed by atoms with E-state index < -0.39 is 11.2 Å². The van der Waals surface area contributed by atoms with Crippen LogP contribution in [0.1, 0.15) is 38.7 Å². The van der Waals surface area contributed by atoms with Crippen molar-refractivity contribution in [1.82, 2.24) is 5.32 Å². The van der Waals surface area contributed by atoms with Gasteiger partial charge in [-0.1, -0.05) is 40.6 Å². The SMILES string of the molecule is CCC(=O)CCNC(=O)CCc1ccc(NC(=O)COCC(=O)C(SSC)C(C)=O)cc1.NC(=O)I. The van der Waals surface area contributed by atoms with Gasteiger partial charge in [0.2, 0.25) is 11.8 Å². The normalized spacial score (nSPS) is 10.9. The number of rotatable bonds is 16. The largest absolute Gasteiger partial charge is 0.364 e. The maximum atomic E-state index is 12.0. The molecule has 0 spiro atoms. The van der Waals surface area contributed by atoms with Gasteiger partial charge < -0.3 is 21.1 Å². The van der Waals surface area contributed by atoms with Crippen molar-refractivity contribution >= 4 is 82.9 Å². The number of amides is 3. The predicted molar refractivity (Wildman–Crippen MR) is 151 cm³/mol. The van der Waals surface area contributed by atoms with E-state index in [1.165, 1.54) is 51.1 Å². The highest BCUT2D eigenvalue weighted by Crippen LogP contribution is 2.25. The number of hydrogen-bond acceptors (Lipinski definition) is 9. The van der Waals surface area contributed by atoms with Gasteiger partial charge in [0.25, 0.3) is 3.91 Å². The minimum atomic E-state index is -0.790. The number of anilines is 1. The zero-order chi connectivity index (χ0) is 27.5. The molecule has 1 rings (SSSR count). The molecule has 1 aromatic rings. The fraction of sp³-hybridized carbons (Fsp3) is 0.478. The average Bonchev–Trinajstić information content (AvgIpc) is 2.81. The number of aryl methyl sites for hydroxylation is 1. The Balaban J connectivity index is 0.00000283. The van der Waals surface area contributed by atoms with Gasteiger partial charge in [0.15, 0.2) is 11.6 Å². The summed E-state index contributed by atoms with van der Waals surface area (Å²) in [5.74, 6) is -1.01. The van der Waals surface area contributed by atoms with Crippen molar-refractivity contribution in [3.63, 3.8) is 0 Å². The van der Waals surface area contributed by atoms with E-state index in [1.807, 2.05) is 12.1 Å². The number of benzene rings is 1. The Morgan fingerprint density at radius 2 is 1.64 bits per heavy atom. The molecule has 3 amide bonds. The van der Waals surface area contributed by atoms with Crippen LogP contribution in [0, 0.1) is 0 Å². The smallest absolute Gasteiger partial charge is 0.278 e. The number of carbonyl (C=O) groups excluding carboxylic acids is 6. The maximum Gasteiger partial charge on any atom is 0.278 e. The monoisotopic (exact) mass is 653 g/mol. The minimum absolute atomic E-state index is 0.110. The summed E-state index contributed by atoms with van der Waals surface area (Å²) in [6.07, 6.45) is 3.45. The quantitative estimate of drug-likeness (QED) is 0.0801. The molecule has 13 heteroatoms. The Morgan fingerprint density at radius 1 is 1.03 bits per heavy atom. The molecule has 0 saturated carbocycles. The number of halogens is 1. The molecule has 10 nitrogen and oxygen atoms in total. The Kier molecular flexibility index (Phi) is 19.0. The molecule has 0 fully saturated rings. The highest BCUT2D eigenvalue weighted by atomic mass is 127. The molecule has 0 aliphatic heterocycles. The Labute approximate surface area is 232 Å². The summed E-state index contributed by atoms with van der Waals surface area (Å²) in [5, 5.41) is 4.60. The van der Waals surface area contributed by atoms with Crippen molar-refractivity contribution in [2.45, 2.75) is 44.8 Å². The summed E-state index contributed by atoms with van der Waals surface area (Å²) in [5.41, 5.74) is 5.96. The van der Waals surface area contributed by atoms with Crippen LogP contribution in [0.25, 0.3) is 0 Å². The molecule has 1 unspecified atom stereocenters. The highest BCUT2D eigenvalue weighted by Gasteiger charge is 2.23. The van der Waals surface area contributed by atoms with Crippen LogP contribution in [0.2, 0.25) is 0 Å². The first kappa shape index (κ1) is 34.0. The molecule has 1 atom stereocenters. The van der Waals surface area contributed by atoms with Crippen LogP contribution >= 0.6 is 44.2 Å². The van der Waals surface area contributed by atoms with E-state index in [4.69, 9.17) is 4.74 Å². The second kappa shape index (κ2) is 20.1. The lowest BCUT2D eigenvalue weighted by Crippen LogP contribution is -2.29. The number of carbonyl (C=O) groups is 6. The van der Waals surface area contributed by atoms with E-state index in [-0.39, 0.29) is 40.4 Å². The second-order valence-electron chi connectivity index (χ2n) is 7.25. The number of hydrogen-bond donors (Lipinski definition) is 3. The van der Waals surface area contributed by atoms with Gasteiger partial charge in [-0.3, -0.25) is 28.8 Å². The second-order valence-corrected chi connectivity index (χ2v) is 10.9. The first-order valence-corrected chi connectivity index (χ1v) is 14.6. The molecular weight excluding hydrogens is 621 g/mol. The molecule has 0 heterocycles.